The van der Waals surface area contributed by atoms with Gasteiger partial charge in [-0.2, -0.15) is 0 Å². The zero-order valence-electron chi connectivity index (χ0n) is 13.2. The van der Waals surface area contributed by atoms with Crippen molar-refractivity contribution in [3.8, 4) is 5.75 Å². The molecule has 0 saturated heterocycles. The van der Waals surface area contributed by atoms with E-state index in [0.29, 0.717) is 12.6 Å². The van der Waals surface area contributed by atoms with E-state index in [-0.39, 0.29) is 5.91 Å². The molecule has 21 heavy (non-hydrogen) atoms. The van der Waals surface area contributed by atoms with Crippen LogP contribution in [-0.2, 0) is 4.79 Å². The van der Waals surface area contributed by atoms with Crippen LogP contribution < -0.4 is 15.4 Å². The molecule has 1 aliphatic rings. The molecule has 0 aliphatic heterocycles. The van der Waals surface area contributed by atoms with Crippen molar-refractivity contribution in [1.29, 1.82) is 0 Å². The molecule has 4 heteroatoms. The van der Waals surface area contributed by atoms with Gasteiger partial charge >= 0.3 is 0 Å². The van der Waals surface area contributed by atoms with Crippen LogP contribution in [0.1, 0.15) is 33.1 Å². The van der Waals surface area contributed by atoms with Gasteiger partial charge in [-0.15, -0.1) is 0 Å². The third kappa shape index (κ3) is 4.74. The van der Waals surface area contributed by atoms with Crippen LogP contribution in [0, 0.1) is 11.8 Å². The zero-order valence-corrected chi connectivity index (χ0v) is 13.2. The maximum atomic E-state index is 12.0. The van der Waals surface area contributed by atoms with E-state index < -0.39 is 0 Å². The molecule has 4 nitrogen and oxygen atoms in total. The highest BCUT2D eigenvalue weighted by molar-refractivity contribution is 5.92. The Morgan fingerprint density at radius 2 is 2.10 bits per heavy atom. The topological polar surface area (TPSA) is 50.4 Å². The minimum atomic E-state index is -0.00507. The van der Waals surface area contributed by atoms with Gasteiger partial charge in [0.25, 0.3) is 0 Å². The Hall–Kier alpha value is -1.55. The van der Waals surface area contributed by atoms with Gasteiger partial charge in [0.15, 0.2) is 0 Å². The summed E-state index contributed by atoms with van der Waals surface area (Å²) in [6.07, 6.45) is 3.57. The van der Waals surface area contributed by atoms with Gasteiger partial charge in [-0.05, 0) is 43.2 Å². The molecule has 2 rings (SSSR count). The van der Waals surface area contributed by atoms with E-state index >= 15 is 0 Å². The summed E-state index contributed by atoms with van der Waals surface area (Å²) in [4.78, 5) is 12.0. The standard InChI is InChI=1S/C17H26N2O2/c1-12-7-8-14(9-13(12)2)18-11-17(20)19-15-5-4-6-16(10-15)21-3/h4-6,10,12-14,18H,7-9,11H2,1-3H3,(H,19,20). The van der Waals surface area contributed by atoms with Crippen LogP contribution in [0.2, 0.25) is 0 Å². The van der Waals surface area contributed by atoms with Gasteiger partial charge in [-0.25, -0.2) is 0 Å². The number of methoxy groups -OCH3 is 1. The number of ether oxygens (including phenoxy) is 1. The van der Waals surface area contributed by atoms with E-state index in [1.165, 1.54) is 6.42 Å². The number of benzene rings is 1. The first kappa shape index (κ1) is 15.8. The lowest BCUT2D eigenvalue weighted by Gasteiger charge is -2.32. The Kier molecular flexibility index (Phi) is 5.62. The predicted octanol–water partition coefficient (Wildman–Crippen LogP) is 3.05. The first-order valence-electron chi connectivity index (χ1n) is 7.75. The molecule has 0 radical (unpaired) electrons. The molecule has 116 valence electrons. The molecular formula is C17H26N2O2. The SMILES string of the molecule is COc1cccc(NC(=O)CNC2CCC(C)C(C)C2)c1. The highest BCUT2D eigenvalue weighted by Gasteiger charge is 2.24. The highest BCUT2D eigenvalue weighted by Crippen LogP contribution is 2.29. The second kappa shape index (κ2) is 7.46. The van der Waals surface area contributed by atoms with Gasteiger partial charge in [0, 0.05) is 17.8 Å². The lowest BCUT2D eigenvalue weighted by Crippen LogP contribution is -2.40. The number of hydrogen-bond donors (Lipinski definition) is 2. The molecule has 3 unspecified atom stereocenters. The van der Waals surface area contributed by atoms with Crippen LogP contribution >= 0.6 is 0 Å². The number of amides is 1. The van der Waals surface area contributed by atoms with Crippen molar-refractivity contribution < 1.29 is 9.53 Å². The van der Waals surface area contributed by atoms with Gasteiger partial charge in [0.2, 0.25) is 5.91 Å². The number of carbonyl (C=O) groups excluding carboxylic acids is 1. The fourth-order valence-electron chi connectivity index (χ4n) is 2.88. The Labute approximate surface area is 127 Å². The normalized spacial score (nSPS) is 25.4. The van der Waals surface area contributed by atoms with Crippen LogP contribution in [0.5, 0.6) is 5.75 Å². The van der Waals surface area contributed by atoms with Crippen molar-refractivity contribution in [2.45, 2.75) is 39.2 Å². The maximum Gasteiger partial charge on any atom is 0.238 e. The number of rotatable bonds is 5. The first-order chi connectivity index (χ1) is 10.1. The average molecular weight is 290 g/mol. The second-order valence-corrected chi connectivity index (χ2v) is 6.13. The second-order valence-electron chi connectivity index (χ2n) is 6.13. The van der Waals surface area contributed by atoms with Gasteiger partial charge in [0.05, 0.1) is 13.7 Å². The van der Waals surface area contributed by atoms with Gasteiger partial charge in [0.1, 0.15) is 5.75 Å². The van der Waals surface area contributed by atoms with E-state index in [2.05, 4.69) is 24.5 Å². The largest absolute Gasteiger partial charge is 0.497 e. The average Bonchev–Trinajstić information content (AvgIpc) is 2.48. The Morgan fingerprint density at radius 1 is 1.29 bits per heavy atom. The molecule has 1 saturated carbocycles. The monoisotopic (exact) mass is 290 g/mol. The summed E-state index contributed by atoms with van der Waals surface area (Å²) in [6, 6.07) is 7.88. The number of carbonyl (C=O) groups is 1. The van der Waals surface area contributed by atoms with Crippen molar-refractivity contribution in [2.75, 3.05) is 19.0 Å². The van der Waals surface area contributed by atoms with Gasteiger partial charge in [-0.3, -0.25) is 4.79 Å². The fraction of sp³-hybridized carbons (Fsp3) is 0.588. The fourth-order valence-corrected chi connectivity index (χ4v) is 2.88. The summed E-state index contributed by atoms with van der Waals surface area (Å²) in [6.45, 7) is 4.98. The summed E-state index contributed by atoms with van der Waals surface area (Å²) in [5.41, 5.74) is 0.770. The molecule has 3 atom stereocenters. The number of nitrogens with one attached hydrogen (secondary N) is 2. The van der Waals surface area contributed by atoms with Crippen LogP contribution in [0.3, 0.4) is 0 Å². The van der Waals surface area contributed by atoms with E-state index in [1.54, 1.807) is 7.11 Å². The molecule has 0 bridgehead atoms. The minimum absolute atomic E-state index is 0.00507. The molecule has 1 amide bonds. The quantitative estimate of drug-likeness (QED) is 0.876. The Bertz CT molecular complexity index is 476. The van der Waals surface area contributed by atoms with E-state index in [0.717, 1.165) is 36.1 Å². The van der Waals surface area contributed by atoms with Gasteiger partial charge in [-0.1, -0.05) is 19.9 Å². The summed E-state index contributed by atoms with van der Waals surface area (Å²) >= 11 is 0. The van der Waals surface area contributed by atoms with E-state index in [4.69, 9.17) is 4.74 Å². The van der Waals surface area contributed by atoms with Crippen molar-refractivity contribution in [1.82, 2.24) is 5.32 Å². The lowest BCUT2D eigenvalue weighted by atomic mass is 9.79. The molecule has 1 aliphatic carbocycles. The summed E-state index contributed by atoms with van der Waals surface area (Å²) in [7, 11) is 1.62. The van der Waals surface area contributed by atoms with Crippen LogP contribution in [0.15, 0.2) is 24.3 Å². The Balaban J connectivity index is 1.77. The molecule has 0 aromatic heterocycles. The smallest absolute Gasteiger partial charge is 0.238 e. The van der Waals surface area contributed by atoms with E-state index in [9.17, 15) is 4.79 Å². The molecule has 1 aromatic rings. The lowest BCUT2D eigenvalue weighted by molar-refractivity contribution is -0.115. The third-order valence-electron chi connectivity index (χ3n) is 4.50. The molecule has 1 fully saturated rings. The van der Waals surface area contributed by atoms with Crippen molar-refractivity contribution in [2.24, 2.45) is 11.8 Å². The molecule has 0 heterocycles. The van der Waals surface area contributed by atoms with Gasteiger partial charge < -0.3 is 15.4 Å². The zero-order chi connectivity index (χ0) is 15.2. The van der Waals surface area contributed by atoms with E-state index in [1.807, 2.05) is 24.3 Å². The molecule has 1 aromatic carbocycles. The highest BCUT2D eigenvalue weighted by atomic mass is 16.5. The molecule has 0 spiro atoms. The van der Waals surface area contributed by atoms with Crippen molar-refractivity contribution >= 4 is 11.6 Å². The summed E-state index contributed by atoms with van der Waals surface area (Å²) in [5.74, 6) is 2.27. The molecular weight excluding hydrogens is 264 g/mol. The predicted molar refractivity (Wildman–Crippen MR) is 85.6 cm³/mol. The number of anilines is 1. The summed E-state index contributed by atoms with van der Waals surface area (Å²) in [5, 5.41) is 6.27. The van der Waals surface area contributed by atoms with Crippen molar-refractivity contribution in [3.63, 3.8) is 0 Å². The minimum Gasteiger partial charge on any atom is -0.497 e. The van der Waals surface area contributed by atoms with Crippen LogP contribution in [0.4, 0.5) is 5.69 Å². The first-order valence-corrected chi connectivity index (χ1v) is 7.75. The van der Waals surface area contributed by atoms with Crippen LogP contribution in [0.25, 0.3) is 0 Å². The van der Waals surface area contributed by atoms with Crippen molar-refractivity contribution in [3.05, 3.63) is 24.3 Å². The summed E-state index contributed by atoms with van der Waals surface area (Å²) < 4.78 is 5.15. The Morgan fingerprint density at radius 3 is 2.81 bits per heavy atom. The number of hydrogen-bond acceptors (Lipinski definition) is 3. The van der Waals surface area contributed by atoms with Crippen LogP contribution in [-0.4, -0.2) is 25.6 Å². The third-order valence-corrected chi connectivity index (χ3v) is 4.50. The molecule has 2 N–H and O–H groups in total. The maximum absolute atomic E-state index is 12.0.